The van der Waals surface area contributed by atoms with Crippen LogP contribution >= 0.6 is 12.2 Å². The number of hydrogen-bond donors (Lipinski definition) is 2. The largest absolute Gasteiger partial charge is 0.350 e. The Kier molecular flexibility index (Phi) is 6.32. The lowest BCUT2D eigenvalue weighted by Crippen LogP contribution is -2.28. The summed E-state index contributed by atoms with van der Waals surface area (Å²) in [7, 11) is 0. The van der Waals surface area contributed by atoms with Gasteiger partial charge in [-0.1, -0.05) is 54.1 Å². The Labute approximate surface area is 192 Å². The lowest BCUT2D eigenvalue weighted by molar-refractivity contribution is -0.121. The predicted molar refractivity (Wildman–Crippen MR) is 127 cm³/mol. The molecule has 0 unspecified atom stereocenters. The van der Waals surface area contributed by atoms with E-state index in [1.807, 2.05) is 67.9 Å². The van der Waals surface area contributed by atoms with Gasteiger partial charge in [0, 0.05) is 23.4 Å². The summed E-state index contributed by atoms with van der Waals surface area (Å²) >= 11 is 5.36. The smallest absolute Gasteiger partial charge is 0.240 e. The van der Waals surface area contributed by atoms with Crippen LogP contribution in [0, 0.1) is 25.5 Å². The van der Waals surface area contributed by atoms with Crippen molar-refractivity contribution in [1.82, 2.24) is 29.9 Å². The molecule has 4 rings (SSSR count). The van der Waals surface area contributed by atoms with E-state index >= 15 is 0 Å². The minimum atomic E-state index is -0.133. The fraction of sp³-hybridized carbons (Fsp3) is 0.250. The molecule has 0 radical (unpaired) electrons. The molecular weight excluding hydrogens is 420 g/mol. The number of benzene rings is 2. The molecule has 4 aromatic rings. The average molecular weight is 447 g/mol. The Morgan fingerprint density at radius 2 is 1.88 bits per heavy atom. The zero-order valence-corrected chi connectivity index (χ0v) is 19.2. The van der Waals surface area contributed by atoms with Gasteiger partial charge in [-0.15, -0.1) is 0 Å². The summed E-state index contributed by atoms with van der Waals surface area (Å²) in [6.07, 6.45) is 0. The predicted octanol–water partition coefficient (Wildman–Crippen LogP) is 4.09. The average Bonchev–Trinajstić information content (AvgIpc) is 3.26. The van der Waals surface area contributed by atoms with E-state index < -0.39 is 0 Å². The van der Waals surface area contributed by atoms with Crippen LogP contribution in [0.2, 0.25) is 0 Å². The quantitative estimate of drug-likeness (QED) is 0.419. The summed E-state index contributed by atoms with van der Waals surface area (Å²) in [5.41, 5.74) is 6.21. The van der Waals surface area contributed by atoms with E-state index in [0.29, 0.717) is 23.7 Å². The van der Waals surface area contributed by atoms with Crippen molar-refractivity contribution in [3.05, 3.63) is 87.4 Å². The van der Waals surface area contributed by atoms with Gasteiger partial charge in [0.25, 0.3) is 0 Å². The Hall–Kier alpha value is -3.52. The van der Waals surface area contributed by atoms with Crippen LogP contribution in [0.25, 0.3) is 11.4 Å². The molecule has 0 saturated heterocycles. The van der Waals surface area contributed by atoms with E-state index in [1.54, 1.807) is 4.57 Å². The number of carbonyl (C=O) groups is 1. The summed E-state index contributed by atoms with van der Waals surface area (Å²) < 4.78 is 4.12. The van der Waals surface area contributed by atoms with E-state index in [2.05, 4.69) is 32.7 Å². The third-order valence-electron chi connectivity index (χ3n) is 5.51. The molecule has 2 N–H and O–H groups in total. The number of H-pyrrole nitrogens is 1. The number of aromatic amines is 1. The van der Waals surface area contributed by atoms with Crippen LogP contribution < -0.4 is 5.32 Å². The molecular formula is C24H26N6OS. The number of aryl methyl sites for hydroxylation is 2. The van der Waals surface area contributed by atoms with Crippen molar-refractivity contribution in [3.8, 4) is 11.4 Å². The summed E-state index contributed by atoms with van der Waals surface area (Å²) in [6.45, 7) is 7.23. The van der Waals surface area contributed by atoms with Crippen LogP contribution in [0.4, 0.5) is 0 Å². The van der Waals surface area contributed by atoms with Crippen LogP contribution in [-0.2, 0) is 24.4 Å². The third-order valence-corrected chi connectivity index (χ3v) is 5.82. The van der Waals surface area contributed by atoms with Crippen LogP contribution in [0.5, 0.6) is 0 Å². The second kappa shape index (κ2) is 9.32. The molecule has 32 heavy (non-hydrogen) atoms. The van der Waals surface area contributed by atoms with Gasteiger partial charge < -0.3 is 5.32 Å². The molecule has 0 saturated carbocycles. The van der Waals surface area contributed by atoms with Gasteiger partial charge in [0.2, 0.25) is 5.91 Å². The minimum Gasteiger partial charge on any atom is -0.350 e. The first-order chi connectivity index (χ1) is 15.4. The van der Waals surface area contributed by atoms with Crippen LogP contribution in [0.3, 0.4) is 0 Å². The van der Waals surface area contributed by atoms with Gasteiger partial charge in [0.1, 0.15) is 6.54 Å². The second-order valence-corrected chi connectivity index (χ2v) is 8.26. The van der Waals surface area contributed by atoms with Crippen molar-refractivity contribution in [2.75, 3.05) is 0 Å². The topological polar surface area (TPSA) is 80.5 Å². The van der Waals surface area contributed by atoms with E-state index in [9.17, 15) is 4.79 Å². The molecule has 0 aliphatic rings. The standard InChI is InChI=1S/C24H26N6OS/c1-16-8-7-11-20(12-16)23-26-27-24(32)29(23)15-22(31)25-13-21-17(2)28-30(18(21)3)14-19-9-5-4-6-10-19/h4-12H,13-15H2,1-3H3,(H,25,31)(H,27,32). The van der Waals surface area contributed by atoms with Crippen molar-refractivity contribution in [3.63, 3.8) is 0 Å². The van der Waals surface area contributed by atoms with Crippen LogP contribution in [-0.4, -0.2) is 30.5 Å². The molecule has 0 fully saturated rings. The number of nitrogens with one attached hydrogen (secondary N) is 2. The van der Waals surface area contributed by atoms with E-state index in [0.717, 1.165) is 28.1 Å². The number of rotatable bonds is 7. The maximum atomic E-state index is 12.8. The zero-order chi connectivity index (χ0) is 22.7. The van der Waals surface area contributed by atoms with Crippen LogP contribution in [0.15, 0.2) is 54.6 Å². The van der Waals surface area contributed by atoms with Gasteiger partial charge in [-0.05, 0) is 44.6 Å². The Bertz CT molecular complexity index is 1300. The summed E-state index contributed by atoms with van der Waals surface area (Å²) in [6, 6.07) is 18.2. The van der Waals surface area contributed by atoms with Crippen molar-refractivity contribution < 1.29 is 4.79 Å². The molecule has 2 heterocycles. The molecule has 164 valence electrons. The third kappa shape index (κ3) is 4.70. The first kappa shape index (κ1) is 21.7. The van der Waals surface area contributed by atoms with Gasteiger partial charge in [0.05, 0.1) is 12.2 Å². The number of nitrogens with zero attached hydrogens (tertiary/aromatic N) is 4. The Balaban J connectivity index is 1.46. The zero-order valence-electron chi connectivity index (χ0n) is 18.4. The molecule has 2 aromatic carbocycles. The van der Waals surface area contributed by atoms with Gasteiger partial charge >= 0.3 is 0 Å². The lowest BCUT2D eigenvalue weighted by atomic mass is 10.1. The van der Waals surface area contributed by atoms with Crippen LogP contribution in [0.1, 0.15) is 28.1 Å². The van der Waals surface area contributed by atoms with Gasteiger partial charge in [0.15, 0.2) is 10.6 Å². The number of amides is 1. The first-order valence-corrected chi connectivity index (χ1v) is 10.9. The molecule has 8 heteroatoms. The molecule has 7 nitrogen and oxygen atoms in total. The molecule has 0 aliphatic carbocycles. The molecule has 0 bridgehead atoms. The highest BCUT2D eigenvalue weighted by atomic mass is 32.1. The molecule has 2 aromatic heterocycles. The minimum absolute atomic E-state index is 0.0921. The number of hydrogen-bond acceptors (Lipinski definition) is 4. The lowest BCUT2D eigenvalue weighted by Gasteiger charge is -2.10. The molecule has 0 spiro atoms. The second-order valence-electron chi connectivity index (χ2n) is 7.88. The van der Waals surface area contributed by atoms with E-state index in [4.69, 9.17) is 12.2 Å². The summed E-state index contributed by atoms with van der Waals surface area (Å²) in [5, 5.41) is 14.8. The molecule has 1 amide bonds. The summed E-state index contributed by atoms with van der Waals surface area (Å²) in [5.74, 6) is 0.517. The fourth-order valence-electron chi connectivity index (χ4n) is 3.76. The van der Waals surface area contributed by atoms with Crippen molar-refractivity contribution in [2.24, 2.45) is 0 Å². The fourth-order valence-corrected chi connectivity index (χ4v) is 3.95. The van der Waals surface area contributed by atoms with Crippen molar-refractivity contribution in [1.29, 1.82) is 0 Å². The highest BCUT2D eigenvalue weighted by Crippen LogP contribution is 2.19. The summed E-state index contributed by atoms with van der Waals surface area (Å²) in [4.78, 5) is 12.8. The van der Waals surface area contributed by atoms with Crippen molar-refractivity contribution >= 4 is 18.1 Å². The number of carbonyl (C=O) groups excluding carboxylic acids is 1. The Morgan fingerprint density at radius 3 is 2.62 bits per heavy atom. The first-order valence-electron chi connectivity index (χ1n) is 10.5. The van der Waals surface area contributed by atoms with E-state index in [-0.39, 0.29) is 12.5 Å². The van der Waals surface area contributed by atoms with Gasteiger partial charge in [-0.25, -0.2) is 0 Å². The maximum Gasteiger partial charge on any atom is 0.240 e. The monoisotopic (exact) mass is 446 g/mol. The maximum absolute atomic E-state index is 12.8. The Morgan fingerprint density at radius 1 is 1.09 bits per heavy atom. The van der Waals surface area contributed by atoms with Gasteiger partial charge in [-0.3, -0.25) is 19.1 Å². The van der Waals surface area contributed by atoms with Gasteiger partial charge in [-0.2, -0.15) is 10.2 Å². The van der Waals surface area contributed by atoms with E-state index in [1.165, 1.54) is 5.56 Å². The highest BCUT2D eigenvalue weighted by Gasteiger charge is 2.15. The normalized spacial score (nSPS) is 11.0. The SMILES string of the molecule is Cc1cccc(-c2n[nH]c(=S)n2CC(=O)NCc2c(C)nn(Cc3ccccc3)c2C)c1. The highest BCUT2D eigenvalue weighted by molar-refractivity contribution is 7.71. The number of aromatic nitrogens is 5. The molecule has 0 atom stereocenters. The molecule has 0 aliphatic heterocycles. The van der Waals surface area contributed by atoms with Crippen molar-refractivity contribution in [2.45, 2.75) is 40.4 Å².